The first-order valence-electron chi connectivity index (χ1n) is 10.3. The summed E-state index contributed by atoms with van der Waals surface area (Å²) in [7, 11) is -3.67. The molecule has 3 aromatic rings. The van der Waals surface area contributed by atoms with Crippen molar-refractivity contribution in [3.63, 3.8) is 0 Å². The first kappa shape index (κ1) is 21.3. The van der Waals surface area contributed by atoms with Gasteiger partial charge in [0.25, 0.3) is 5.91 Å². The van der Waals surface area contributed by atoms with Crippen LogP contribution in [0.25, 0.3) is 11.0 Å². The zero-order valence-corrected chi connectivity index (χ0v) is 18.1. The fourth-order valence-electron chi connectivity index (χ4n) is 3.80. The van der Waals surface area contributed by atoms with Gasteiger partial charge < -0.3 is 9.73 Å². The molecule has 1 N–H and O–H groups in total. The molecule has 7 nitrogen and oxygen atoms in total. The number of hydrogen-bond acceptors (Lipinski definition) is 5. The van der Waals surface area contributed by atoms with Gasteiger partial charge in [-0.15, -0.1) is 0 Å². The minimum Gasteiger partial charge on any atom is -0.422 e. The van der Waals surface area contributed by atoms with Gasteiger partial charge in [-0.1, -0.05) is 37.1 Å². The van der Waals surface area contributed by atoms with Crippen LogP contribution in [0.5, 0.6) is 0 Å². The quantitative estimate of drug-likeness (QED) is 0.620. The summed E-state index contributed by atoms with van der Waals surface area (Å²) in [5, 5.41) is 3.26. The second-order valence-electron chi connectivity index (χ2n) is 7.74. The van der Waals surface area contributed by atoms with E-state index in [4.69, 9.17) is 4.42 Å². The Labute approximate surface area is 180 Å². The van der Waals surface area contributed by atoms with Crippen molar-refractivity contribution in [1.82, 2.24) is 4.31 Å². The van der Waals surface area contributed by atoms with Gasteiger partial charge in [-0.25, -0.2) is 13.2 Å². The second-order valence-corrected chi connectivity index (χ2v) is 9.64. The minimum atomic E-state index is -3.67. The molecule has 0 bridgehead atoms. The molecule has 4 rings (SSSR count). The van der Waals surface area contributed by atoms with Crippen LogP contribution in [0, 0.1) is 6.92 Å². The molecule has 2 heterocycles. The number of nitrogens with one attached hydrogen (secondary N) is 1. The first-order valence-corrected chi connectivity index (χ1v) is 11.8. The lowest BCUT2D eigenvalue weighted by Gasteiger charge is -2.21. The van der Waals surface area contributed by atoms with Crippen LogP contribution in [0.3, 0.4) is 0 Å². The molecular formula is C23H24N2O5S. The highest BCUT2D eigenvalue weighted by Crippen LogP contribution is 2.26. The van der Waals surface area contributed by atoms with E-state index < -0.39 is 21.6 Å². The Morgan fingerprint density at radius 1 is 1.00 bits per heavy atom. The van der Waals surface area contributed by atoms with E-state index in [0.29, 0.717) is 35.3 Å². The highest BCUT2D eigenvalue weighted by atomic mass is 32.2. The van der Waals surface area contributed by atoms with Gasteiger partial charge in [0.05, 0.1) is 4.90 Å². The topological polar surface area (TPSA) is 96.7 Å². The molecule has 1 aliphatic rings. The van der Waals surface area contributed by atoms with E-state index in [-0.39, 0.29) is 10.5 Å². The molecule has 1 saturated heterocycles. The third-order valence-electron chi connectivity index (χ3n) is 5.51. The Morgan fingerprint density at radius 3 is 2.45 bits per heavy atom. The first-order chi connectivity index (χ1) is 14.9. The van der Waals surface area contributed by atoms with E-state index in [2.05, 4.69) is 5.32 Å². The lowest BCUT2D eigenvalue weighted by Crippen LogP contribution is -2.32. The second kappa shape index (κ2) is 8.64. The van der Waals surface area contributed by atoms with Crippen molar-refractivity contribution in [1.29, 1.82) is 0 Å². The lowest BCUT2D eigenvalue weighted by molar-refractivity contribution is 0.102. The highest BCUT2D eigenvalue weighted by molar-refractivity contribution is 7.89. The van der Waals surface area contributed by atoms with Gasteiger partial charge in [0.1, 0.15) is 11.1 Å². The normalized spacial score (nSPS) is 15.5. The van der Waals surface area contributed by atoms with E-state index in [9.17, 15) is 18.0 Å². The molecule has 31 heavy (non-hydrogen) atoms. The summed E-state index contributed by atoms with van der Waals surface area (Å²) < 4.78 is 33.2. The molecule has 0 radical (unpaired) electrons. The Bertz CT molecular complexity index is 1290. The summed E-state index contributed by atoms with van der Waals surface area (Å²) in [6, 6.07) is 13.1. The molecule has 0 atom stereocenters. The fourth-order valence-corrected chi connectivity index (χ4v) is 5.56. The van der Waals surface area contributed by atoms with E-state index >= 15 is 0 Å². The van der Waals surface area contributed by atoms with Crippen LogP contribution in [0.1, 0.15) is 41.6 Å². The third-order valence-corrected chi connectivity index (χ3v) is 7.56. The predicted molar refractivity (Wildman–Crippen MR) is 119 cm³/mol. The summed E-state index contributed by atoms with van der Waals surface area (Å²) in [6.07, 6.45) is 3.73. The SMILES string of the molecule is Cc1ccc(NC(=O)c2cc3ccccc3oc2=O)cc1S(=O)(=O)N1CCCCCC1. The molecule has 1 aromatic heterocycles. The van der Waals surface area contributed by atoms with Gasteiger partial charge in [-0.2, -0.15) is 4.31 Å². The number of anilines is 1. The summed E-state index contributed by atoms with van der Waals surface area (Å²) in [5.74, 6) is -0.651. The fraction of sp³-hybridized carbons (Fsp3) is 0.304. The van der Waals surface area contributed by atoms with Gasteiger partial charge in [0, 0.05) is 24.2 Å². The minimum absolute atomic E-state index is 0.142. The predicted octanol–water partition coefficient (Wildman–Crippen LogP) is 3.92. The van der Waals surface area contributed by atoms with Gasteiger partial charge in [-0.3, -0.25) is 4.79 Å². The van der Waals surface area contributed by atoms with Crippen molar-refractivity contribution in [3.05, 3.63) is 70.1 Å². The van der Waals surface area contributed by atoms with E-state index in [1.165, 1.54) is 16.4 Å². The maximum absolute atomic E-state index is 13.2. The van der Waals surface area contributed by atoms with Crippen molar-refractivity contribution in [2.45, 2.75) is 37.5 Å². The Hall–Kier alpha value is -2.97. The standard InChI is InChI=1S/C23H24N2O5S/c1-16-10-11-18(15-21(16)31(28,29)25-12-6-2-3-7-13-25)24-22(26)19-14-17-8-4-5-9-20(17)30-23(19)27/h4-5,8-11,14-15H,2-3,6-7,12-13H2,1H3,(H,24,26). The molecule has 2 aromatic carbocycles. The van der Waals surface area contributed by atoms with Crippen LogP contribution in [0.2, 0.25) is 0 Å². The average molecular weight is 441 g/mol. The Balaban J connectivity index is 1.63. The molecule has 1 fully saturated rings. The number of amides is 1. The molecule has 0 spiro atoms. The number of hydrogen-bond donors (Lipinski definition) is 1. The summed E-state index contributed by atoms with van der Waals surface area (Å²) >= 11 is 0. The monoisotopic (exact) mass is 440 g/mol. The largest absolute Gasteiger partial charge is 0.422 e. The van der Waals surface area contributed by atoms with E-state index in [1.54, 1.807) is 43.3 Å². The lowest BCUT2D eigenvalue weighted by atomic mass is 10.1. The molecule has 8 heteroatoms. The number of rotatable bonds is 4. The number of para-hydroxylation sites is 1. The number of carbonyl (C=O) groups excluding carboxylic acids is 1. The molecular weight excluding hydrogens is 416 g/mol. The van der Waals surface area contributed by atoms with Crippen LogP contribution in [-0.4, -0.2) is 31.7 Å². The van der Waals surface area contributed by atoms with Crippen LogP contribution >= 0.6 is 0 Å². The van der Waals surface area contributed by atoms with Gasteiger partial charge in [-0.05, 0) is 49.6 Å². The maximum atomic E-state index is 13.2. The molecule has 0 saturated carbocycles. The number of sulfonamides is 1. The number of aryl methyl sites for hydroxylation is 1. The number of nitrogens with zero attached hydrogens (tertiary/aromatic N) is 1. The van der Waals surface area contributed by atoms with Crippen LogP contribution in [-0.2, 0) is 10.0 Å². The van der Waals surface area contributed by atoms with E-state index in [1.807, 2.05) is 0 Å². The zero-order valence-electron chi connectivity index (χ0n) is 17.3. The van der Waals surface area contributed by atoms with Crippen LogP contribution < -0.4 is 10.9 Å². The summed E-state index contributed by atoms with van der Waals surface area (Å²) in [5.41, 5.74) is 0.408. The van der Waals surface area contributed by atoms with Crippen molar-refractivity contribution in [2.24, 2.45) is 0 Å². The van der Waals surface area contributed by atoms with Crippen molar-refractivity contribution in [2.75, 3.05) is 18.4 Å². The summed E-state index contributed by atoms with van der Waals surface area (Å²) in [4.78, 5) is 25.2. The molecule has 0 unspecified atom stereocenters. The van der Waals surface area contributed by atoms with Gasteiger partial charge in [0.2, 0.25) is 10.0 Å². The van der Waals surface area contributed by atoms with Crippen molar-refractivity contribution in [3.8, 4) is 0 Å². The van der Waals surface area contributed by atoms with Crippen molar-refractivity contribution >= 4 is 32.6 Å². The highest BCUT2D eigenvalue weighted by Gasteiger charge is 2.27. The number of carbonyl (C=O) groups is 1. The Kier molecular flexibility index (Phi) is 5.93. The van der Waals surface area contributed by atoms with E-state index in [0.717, 1.165) is 25.7 Å². The van der Waals surface area contributed by atoms with Gasteiger partial charge in [0.15, 0.2) is 0 Å². The number of fused-ring (bicyclic) bond motifs is 1. The third kappa shape index (κ3) is 4.40. The van der Waals surface area contributed by atoms with Gasteiger partial charge >= 0.3 is 5.63 Å². The molecule has 162 valence electrons. The zero-order chi connectivity index (χ0) is 22.0. The van der Waals surface area contributed by atoms with Crippen molar-refractivity contribution < 1.29 is 17.6 Å². The average Bonchev–Trinajstić information content (AvgIpc) is 3.04. The van der Waals surface area contributed by atoms with Crippen LogP contribution in [0.4, 0.5) is 5.69 Å². The summed E-state index contributed by atoms with van der Waals surface area (Å²) in [6.45, 7) is 2.72. The maximum Gasteiger partial charge on any atom is 0.349 e. The smallest absolute Gasteiger partial charge is 0.349 e. The Morgan fingerprint density at radius 2 is 1.71 bits per heavy atom. The molecule has 0 aliphatic carbocycles. The molecule has 1 aliphatic heterocycles. The molecule has 1 amide bonds. The number of benzene rings is 2. The van der Waals surface area contributed by atoms with Crippen LogP contribution in [0.15, 0.2) is 62.6 Å².